The summed E-state index contributed by atoms with van der Waals surface area (Å²) in [5, 5.41) is 9.09. The van der Waals surface area contributed by atoms with Crippen LogP contribution in [-0.4, -0.2) is 66.5 Å². The third-order valence-electron chi connectivity index (χ3n) is 4.25. The molecule has 0 spiro atoms. The van der Waals surface area contributed by atoms with Crippen LogP contribution in [0.25, 0.3) is 0 Å². The van der Waals surface area contributed by atoms with Crippen molar-refractivity contribution in [3.63, 3.8) is 0 Å². The summed E-state index contributed by atoms with van der Waals surface area (Å²) in [6.07, 6.45) is 4.43. The first-order valence-electron chi connectivity index (χ1n) is 7.29. The second-order valence-corrected chi connectivity index (χ2v) is 7.78. The van der Waals surface area contributed by atoms with Gasteiger partial charge in [0.15, 0.2) is 0 Å². The molecule has 1 N–H and O–H groups in total. The van der Waals surface area contributed by atoms with Gasteiger partial charge in [0.1, 0.15) is 6.04 Å². The van der Waals surface area contributed by atoms with E-state index in [0.717, 1.165) is 19.1 Å². The Kier molecular flexibility index (Phi) is 4.88. The molecule has 0 bridgehead atoms. The van der Waals surface area contributed by atoms with Crippen molar-refractivity contribution in [3.8, 4) is 0 Å². The lowest BCUT2D eigenvalue weighted by Gasteiger charge is -2.38. The van der Waals surface area contributed by atoms with Gasteiger partial charge in [-0.25, -0.2) is 8.42 Å². The van der Waals surface area contributed by atoms with Crippen LogP contribution in [0.4, 0.5) is 0 Å². The van der Waals surface area contributed by atoms with Crippen LogP contribution in [0.1, 0.15) is 32.1 Å². The molecular formula is C13H22N2O5S. The number of piperidine rings is 2. The van der Waals surface area contributed by atoms with E-state index in [1.54, 1.807) is 0 Å². The summed E-state index contributed by atoms with van der Waals surface area (Å²) in [6.45, 7) is 1.06. The number of hydrogen-bond donors (Lipinski definition) is 1. The standard InChI is InChI=1S/C13H22N2O5S/c1-21(19,20)15-8-3-2-6-11(15)12(16)14-7-4-5-10(9-14)13(17)18/h10-11H,2-9H2,1H3,(H,17,18)/t10-,11+/m0/s1. The van der Waals surface area contributed by atoms with E-state index >= 15 is 0 Å². The van der Waals surface area contributed by atoms with Gasteiger partial charge in [0, 0.05) is 19.6 Å². The van der Waals surface area contributed by atoms with E-state index in [0.29, 0.717) is 32.4 Å². The molecule has 0 unspecified atom stereocenters. The lowest BCUT2D eigenvalue weighted by atomic mass is 9.96. The molecule has 2 heterocycles. The summed E-state index contributed by atoms with van der Waals surface area (Å²) in [5.41, 5.74) is 0. The number of amides is 1. The van der Waals surface area contributed by atoms with Crippen molar-refractivity contribution in [3.05, 3.63) is 0 Å². The first-order chi connectivity index (χ1) is 9.80. The zero-order valence-corrected chi connectivity index (χ0v) is 13.0. The van der Waals surface area contributed by atoms with Crippen molar-refractivity contribution in [1.29, 1.82) is 0 Å². The summed E-state index contributed by atoms with van der Waals surface area (Å²) >= 11 is 0. The van der Waals surface area contributed by atoms with Gasteiger partial charge in [-0.1, -0.05) is 6.42 Å². The average molecular weight is 318 g/mol. The molecule has 0 radical (unpaired) electrons. The van der Waals surface area contributed by atoms with Gasteiger partial charge in [0.25, 0.3) is 0 Å². The minimum Gasteiger partial charge on any atom is -0.481 e. The van der Waals surface area contributed by atoms with E-state index in [2.05, 4.69) is 0 Å². The number of carbonyl (C=O) groups is 2. The van der Waals surface area contributed by atoms with E-state index in [-0.39, 0.29) is 12.5 Å². The maximum absolute atomic E-state index is 12.6. The molecular weight excluding hydrogens is 296 g/mol. The summed E-state index contributed by atoms with van der Waals surface area (Å²) in [6, 6.07) is -0.665. The lowest BCUT2D eigenvalue weighted by molar-refractivity contribution is -0.147. The summed E-state index contributed by atoms with van der Waals surface area (Å²) in [4.78, 5) is 25.2. The Hall–Kier alpha value is -1.15. The van der Waals surface area contributed by atoms with Gasteiger partial charge in [-0.05, 0) is 25.7 Å². The number of aliphatic carboxylic acids is 1. The van der Waals surface area contributed by atoms with E-state index in [1.165, 1.54) is 9.21 Å². The average Bonchev–Trinajstić information content (AvgIpc) is 2.45. The zero-order chi connectivity index (χ0) is 15.6. The van der Waals surface area contributed by atoms with E-state index in [9.17, 15) is 18.0 Å². The highest BCUT2D eigenvalue weighted by atomic mass is 32.2. The number of rotatable bonds is 3. The van der Waals surface area contributed by atoms with Crippen LogP contribution in [0.15, 0.2) is 0 Å². The van der Waals surface area contributed by atoms with Gasteiger partial charge in [-0.3, -0.25) is 9.59 Å². The fourth-order valence-electron chi connectivity index (χ4n) is 3.14. The Morgan fingerprint density at radius 3 is 2.43 bits per heavy atom. The number of carbonyl (C=O) groups excluding carboxylic acids is 1. The van der Waals surface area contributed by atoms with Crippen molar-refractivity contribution >= 4 is 21.9 Å². The number of hydrogen-bond acceptors (Lipinski definition) is 4. The van der Waals surface area contributed by atoms with Crippen LogP contribution in [0.5, 0.6) is 0 Å². The van der Waals surface area contributed by atoms with Crippen LogP contribution in [-0.2, 0) is 19.6 Å². The topological polar surface area (TPSA) is 95.0 Å². The molecule has 0 saturated carbocycles. The van der Waals surface area contributed by atoms with Crippen LogP contribution in [0, 0.1) is 5.92 Å². The molecule has 7 nitrogen and oxygen atoms in total. The van der Waals surface area contributed by atoms with E-state index in [4.69, 9.17) is 5.11 Å². The number of sulfonamides is 1. The maximum Gasteiger partial charge on any atom is 0.308 e. The third-order valence-corrected chi connectivity index (χ3v) is 5.54. The minimum atomic E-state index is -3.42. The summed E-state index contributed by atoms with van der Waals surface area (Å²) < 4.78 is 24.9. The molecule has 2 fully saturated rings. The molecule has 0 aromatic rings. The van der Waals surface area contributed by atoms with Gasteiger partial charge < -0.3 is 10.0 Å². The zero-order valence-electron chi connectivity index (χ0n) is 12.2. The number of likely N-dealkylation sites (tertiary alicyclic amines) is 1. The largest absolute Gasteiger partial charge is 0.481 e. The number of carboxylic acid groups (broad SMARTS) is 1. The normalized spacial score (nSPS) is 28.3. The first-order valence-corrected chi connectivity index (χ1v) is 9.14. The van der Waals surface area contributed by atoms with Crippen LogP contribution < -0.4 is 0 Å². The predicted octanol–water partition coefficient (Wildman–Crippen LogP) is 0.124. The smallest absolute Gasteiger partial charge is 0.308 e. The highest BCUT2D eigenvalue weighted by Gasteiger charge is 2.38. The van der Waals surface area contributed by atoms with Crippen molar-refractivity contribution in [2.75, 3.05) is 25.9 Å². The van der Waals surface area contributed by atoms with Gasteiger partial charge in [0.2, 0.25) is 15.9 Å². The van der Waals surface area contributed by atoms with Crippen LogP contribution >= 0.6 is 0 Å². The molecule has 0 aromatic carbocycles. The lowest BCUT2D eigenvalue weighted by Crippen LogP contribution is -2.54. The number of carboxylic acids is 1. The van der Waals surface area contributed by atoms with Crippen molar-refractivity contribution < 1.29 is 23.1 Å². The highest BCUT2D eigenvalue weighted by molar-refractivity contribution is 7.88. The molecule has 2 aliphatic rings. The molecule has 0 aromatic heterocycles. The quantitative estimate of drug-likeness (QED) is 0.798. The second-order valence-electron chi connectivity index (χ2n) is 5.85. The maximum atomic E-state index is 12.6. The fourth-order valence-corrected chi connectivity index (χ4v) is 4.26. The fraction of sp³-hybridized carbons (Fsp3) is 0.846. The molecule has 120 valence electrons. The molecule has 2 rings (SSSR count). The highest BCUT2D eigenvalue weighted by Crippen LogP contribution is 2.24. The summed E-state index contributed by atoms with van der Waals surface area (Å²) in [5.74, 6) is -1.68. The Morgan fingerprint density at radius 2 is 1.81 bits per heavy atom. The Balaban J connectivity index is 2.12. The molecule has 2 atom stereocenters. The van der Waals surface area contributed by atoms with Gasteiger partial charge in [-0.2, -0.15) is 4.31 Å². The molecule has 0 aliphatic carbocycles. The minimum absolute atomic E-state index is 0.183. The van der Waals surface area contributed by atoms with Gasteiger partial charge >= 0.3 is 5.97 Å². The van der Waals surface area contributed by atoms with Crippen molar-refractivity contribution in [2.24, 2.45) is 5.92 Å². The van der Waals surface area contributed by atoms with Crippen LogP contribution in [0.2, 0.25) is 0 Å². The van der Waals surface area contributed by atoms with E-state index < -0.39 is 28.0 Å². The van der Waals surface area contributed by atoms with Crippen molar-refractivity contribution in [1.82, 2.24) is 9.21 Å². The number of nitrogens with zero attached hydrogens (tertiary/aromatic N) is 2. The Labute approximate surface area is 125 Å². The third kappa shape index (κ3) is 3.74. The van der Waals surface area contributed by atoms with E-state index in [1.807, 2.05) is 0 Å². The molecule has 1 amide bonds. The molecule has 21 heavy (non-hydrogen) atoms. The molecule has 8 heteroatoms. The Morgan fingerprint density at radius 1 is 1.10 bits per heavy atom. The monoisotopic (exact) mass is 318 g/mol. The predicted molar refractivity (Wildman–Crippen MR) is 76.1 cm³/mol. The van der Waals surface area contributed by atoms with Gasteiger partial charge in [-0.15, -0.1) is 0 Å². The first kappa shape index (κ1) is 16.2. The SMILES string of the molecule is CS(=O)(=O)N1CCCC[C@@H]1C(=O)N1CCC[C@H](C(=O)O)C1. The van der Waals surface area contributed by atoms with Crippen molar-refractivity contribution in [2.45, 2.75) is 38.1 Å². The summed E-state index contributed by atoms with van der Waals surface area (Å²) in [7, 11) is -3.42. The van der Waals surface area contributed by atoms with Gasteiger partial charge in [0.05, 0.1) is 12.2 Å². The second kappa shape index (κ2) is 6.31. The molecule has 2 saturated heterocycles. The molecule has 2 aliphatic heterocycles. The Bertz CT molecular complexity index is 519. The van der Waals surface area contributed by atoms with Crippen LogP contribution in [0.3, 0.4) is 0 Å².